The molecule has 1 aliphatic rings. The van der Waals surface area contributed by atoms with Crippen molar-refractivity contribution in [2.75, 3.05) is 6.61 Å². The van der Waals surface area contributed by atoms with Crippen LogP contribution in [0.15, 0.2) is 48.5 Å². The maximum absolute atomic E-state index is 12.3. The number of carbonyl (C=O) groups excluding carboxylic acids is 1. The molecule has 1 saturated carbocycles. The van der Waals surface area contributed by atoms with Crippen molar-refractivity contribution in [3.63, 3.8) is 0 Å². The maximum Gasteiger partial charge on any atom is 0.336 e. The Balaban J connectivity index is 1.62. The summed E-state index contributed by atoms with van der Waals surface area (Å²) in [6.07, 6.45) is -1.33. The molecule has 8 nitrogen and oxygen atoms in total. The molecule has 0 radical (unpaired) electrons. The second-order valence-electron chi connectivity index (χ2n) is 8.37. The first-order chi connectivity index (χ1) is 16.6. The first-order valence-electron chi connectivity index (χ1n) is 10.9. The molecule has 1 aliphatic carbocycles. The molecule has 0 bridgehead atoms. The smallest absolute Gasteiger partial charge is 0.336 e. The van der Waals surface area contributed by atoms with Crippen molar-refractivity contribution in [1.29, 1.82) is 0 Å². The number of carboxylic acids is 1. The standard InChI is InChI=1S/C25H26Cl2O8/c26-18-9-5-16(12-19(18)27)2-1-11-34-25(24(32)33)13-20(29)23(31)21(14-25)35-22(30)10-6-15-3-7-17(28)8-4-15/h3-10,12,20-21,23,28-29,31H,1-2,11,13-14H2,(H,32,33)/t20-,21+,23+,25-/m0/s1. The van der Waals surface area contributed by atoms with Crippen molar-refractivity contribution in [3.05, 3.63) is 69.7 Å². The molecule has 0 amide bonds. The normalized spacial score (nSPS) is 24.4. The average Bonchev–Trinajstić information content (AvgIpc) is 2.81. The summed E-state index contributed by atoms with van der Waals surface area (Å²) >= 11 is 11.9. The third-order valence-electron chi connectivity index (χ3n) is 5.78. The van der Waals surface area contributed by atoms with Gasteiger partial charge in [0.1, 0.15) is 18.0 Å². The Morgan fingerprint density at radius 3 is 2.43 bits per heavy atom. The van der Waals surface area contributed by atoms with E-state index in [4.69, 9.17) is 32.7 Å². The summed E-state index contributed by atoms with van der Waals surface area (Å²) in [5.74, 6) is -2.07. The van der Waals surface area contributed by atoms with Crippen LogP contribution in [0.3, 0.4) is 0 Å². The molecule has 0 aliphatic heterocycles. The molecule has 0 saturated heterocycles. The van der Waals surface area contributed by atoms with Gasteiger partial charge in [-0.15, -0.1) is 0 Å². The zero-order valence-electron chi connectivity index (χ0n) is 18.6. The van der Waals surface area contributed by atoms with Crippen LogP contribution in [0.2, 0.25) is 10.0 Å². The Morgan fingerprint density at radius 1 is 1.06 bits per heavy atom. The molecule has 1 fully saturated rings. The van der Waals surface area contributed by atoms with Crippen LogP contribution >= 0.6 is 23.2 Å². The highest BCUT2D eigenvalue weighted by Crippen LogP contribution is 2.35. The number of phenolic OH excluding ortho intramolecular Hbond substituents is 1. The van der Waals surface area contributed by atoms with Gasteiger partial charge in [-0.1, -0.05) is 41.4 Å². The highest BCUT2D eigenvalue weighted by molar-refractivity contribution is 6.42. The van der Waals surface area contributed by atoms with E-state index in [1.54, 1.807) is 24.3 Å². The number of ether oxygens (including phenoxy) is 2. The van der Waals surface area contributed by atoms with Gasteiger partial charge in [0.25, 0.3) is 0 Å². The number of phenols is 1. The lowest BCUT2D eigenvalue weighted by molar-refractivity contribution is -0.207. The van der Waals surface area contributed by atoms with E-state index in [1.807, 2.05) is 6.07 Å². The summed E-state index contributed by atoms with van der Waals surface area (Å²) in [7, 11) is 0. The van der Waals surface area contributed by atoms with Crippen LogP contribution in [-0.2, 0) is 25.5 Å². The quantitative estimate of drug-likeness (QED) is 0.222. The number of carboxylic acid groups (broad SMARTS) is 1. The number of esters is 1. The largest absolute Gasteiger partial charge is 0.508 e. The lowest BCUT2D eigenvalue weighted by Crippen LogP contribution is -2.58. The van der Waals surface area contributed by atoms with Crippen molar-refractivity contribution in [1.82, 2.24) is 0 Å². The monoisotopic (exact) mass is 524 g/mol. The van der Waals surface area contributed by atoms with Gasteiger partial charge in [-0.3, -0.25) is 0 Å². The Bertz CT molecular complexity index is 1070. The van der Waals surface area contributed by atoms with E-state index in [0.717, 1.165) is 11.6 Å². The summed E-state index contributed by atoms with van der Waals surface area (Å²) in [4.78, 5) is 24.4. The first-order valence-corrected chi connectivity index (χ1v) is 11.7. The zero-order chi connectivity index (χ0) is 25.6. The van der Waals surface area contributed by atoms with Crippen molar-refractivity contribution in [2.24, 2.45) is 0 Å². The van der Waals surface area contributed by atoms with Gasteiger partial charge in [-0.2, -0.15) is 0 Å². The minimum atomic E-state index is -1.83. The van der Waals surface area contributed by atoms with Gasteiger partial charge in [0.2, 0.25) is 0 Å². The molecule has 2 aromatic rings. The first kappa shape index (κ1) is 27.0. The van der Waals surface area contributed by atoms with Gasteiger partial charge in [0, 0.05) is 25.5 Å². The van der Waals surface area contributed by atoms with Crippen molar-refractivity contribution >= 4 is 41.2 Å². The number of halogens is 2. The Morgan fingerprint density at radius 2 is 1.77 bits per heavy atom. The van der Waals surface area contributed by atoms with E-state index in [-0.39, 0.29) is 25.2 Å². The topological polar surface area (TPSA) is 134 Å². The van der Waals surface area contributed by atoms with E-state index in [0.29, 0.717) is 28.5 Å². The Labute approximate surface area is 212 Å². The molecule has 3 rings (SSSR count). The number of aryl methyl sites for hydroxylation is 1. The Hall–Kier alpha value is -2.62. The van der Waals surface area contributed by atoms with Gasteiger partial charge >= 0.3 is 11.9 Å². The fourth-order valence-corrected chi connectivity index (χ4v) is 4.20. The highest BCUT2D eigenvalue weighted by atomic mass is 35.5. The fourth-order valence-electron chi connectivity index (χ4n) is 3.88. The number of benzene rings is 2. The molecule has 4 atom stereocenters. The molecule has 2 aromatic carbocycles. The van der Waals surface area contributed by atoms with Gasteiger partial charge in [-0.25, -0.2) is 9.59 Å². The lowest BCUT2D eigenvalue weighted by atomic mass is 9.79. The third-order valence-corrected chi connectivity index (χ3v) is 6.52. The number of aliphatic hydroxyl groups excluding tert-OH is 2. The molecule has 0 unspecified atom stereocenters. The summed E-state index contributed by atoms with van der Waals surface area (Å²) < 4.78 is 11.0. The summed E-state index contributed by atoms with van der Waals surface area (Å²) in [6, 6.07) is 11.3. The number of hydrogen-bond donors (Lipinski definition) is 4. The molecule has 4 N–H and O–H groups in total. The maximum atomic E-state index is 12.3. The molecule has 35 heavy (non-hydrogen) atoms. The number of aromatic hydroxyl groups is 1. The van der Waals surface area contributed by atoms with E-state index in [9.17, 15) is 30.0 Å². The number of rotatable bonds is 9. The zero-order valence-corrected chi connectivity index (χ0v) is 20.2. The number of hydrogen-bond acceptors (Lipinski definition) is 7. The Kier molecular flexibility index (Phi) is 9.15. The van der Waals surface area contributed by atoms with Crippen molar-refractivity contribution in [3.8, 4) is 5.75 Å². The van der Waals surface area contributed by atoms with Crippen molar-refractivity contribution < 1.29 is 39.5 Å². The number of aliphatic hydroxyl groups is 2. The highest BCUT2D eigenvalue weighted by Gasteiger charge is 2.52. The predicted octanol–water partition coefficient (Wildman–Crippen LogP) is 3.61. The summed E-state index contributed by atoms with van der Waals surface area (Å²) in [5.41, 5.74) is -0.310. The minimum absolute atomic E-state index is 0.0524. The molecule has 0 aromatic heterocycles. The van der Waals surface area contributed by atoms with Crippen LogP contribution in [0.25, 0.3) is 6.08 Å². The molecule has 10 heteroatoms. The minimum Gasteiger partial charge on any atom is -0.508 e. The van der Waals surface area contributed by atoms with Crippen LogP contribution in [0.1, 0.15) is 30.4 Å². The summed E-state index contributed by atoms with van der Waals surface area (Å²) in [6.45, 7) is 0.0524. The SMILES string of the molecule is O=C(C=Cc1ccc(O)cc1)O[C@@H]1C[C@](OCCCc2ccc(Cl)c(Cl)c2)(C(=O)O)C[C@H](O)[C@H]1O. The van der Waals surface area contributed by atoms with Crippen LogP contribution in [0.4, 0.5) is 0 Å². The van der Waals surface area contributed by atoms with Gasteiger partial charge < -0.3 is 29.9 Å². The fraction of sp³-hybridized carbons (Fsp3) is 0.360. The predicted molar refractivity (Wildman–Crippen MR) is 129 cm³/mol. The molecule has 0 heterocycles. The van der Waals surface area contributed by atoms with Gasteiger partial charge in [0.15, 0.2) is 5.60 Å². The van der Waals surface area contributed by atoms with Crippen LogP contribution in [-0.4, -0.2) is 62.9 Å². The van der Waals surface area contributed by atoms with E-state index < -0.39 is 35.9 Å². The van der Waals surface area contributed by atoms with E-state index in [2.05, 4.69) is 0 Å². The van der Waals surface area contributed by atoms with Crippen LogP contribution < -0.4 is 0 Å². The summed E-state index contributed by atoms with van der Waals surface area (Å²) in [5, 5.41) is 40.7. The van der Waals surface area contributed by atoms with E-state index in [1.165, 1.54) is 18.2 Å². The lowest BCUT2D eigenvalue weighted by Gasteiger charge is -2.41. The van der Waals surface area contributed by atoms with Crippen LogP contribution in [0.5, 0.6) is 5.75 Å². The molecule has 188 valence electrons. The second-order valence-corrected chi connectivity index (χ2v) is 9.18. The second kappa shape index (κ2) is 11.9. The van der Waals surface area contributed by atoms with Crippen LogP contribution in [0, 0.1) is 0 Å². The third kappa shape index (κ3) is 7.19. The number of carbonyl (C=O) groups is 2. The average molecular weight is 525 g/mol. The molecular formula is C25H26Cl2O8. The molecule has 0 spiro atoms. The van der Waals surface area contributed by atoms with Gasteiger partial charge in [0.05, 0.1) is 16.1 Å². The number of aliphatic carboxylic acids is 1. The van der Waals surface area contributed by atoms with Crippen molar-refractivity contribution in [2.45, 2.75) is 49.6 Å². The van der Waals surface area contributed by atoms with E-state index >= 15 is 0 Å². The van der Waals surface area contributed by atoms with Gasteiger partial charge in [-0.05, 0) is 54.3 Å². The molecular weight excluding hydrogens is 499 g/mol.